The van der Waals surface area contributed by atoms with Gasteiger partial charge >= 0.3 is 6.18 Å². The molecule has 0 radical (unpaired) electrons. The molecule has 17 heavy (non-hydrogen) atoms. The van der Waals surface area contributed by atoms with Gasteiger partial charge in [0.15, 0.2) is 0 Å². The number of hydrogen-bond acceptors (Lipinski definition) is 3. The maximum Gasteiger partial charge on any atom is 0.401 e. The maximum absolute atomic E-state index is 12.2. The van der Waals surface area contributed by atoms with E-state index in [0.717, 1.165) is 18.5 Å². The van der Waals surface area contributed by atoms with Gasteiger partial charge in [-0.15, -0.1) is 0 Å². The number of nitrogens with one attached hydrogen (secondary N) is 2. The fraction of sp³-hybridized carbons (Fsp3) is 0.818. The van der Waals surface area contributed by atoms with Crippen molar-refractivity contribution in [2.45, 2.75) is 31.1 Å². The Morgan fingerprint density at radius 1 is 1.47 bits per heavy atom. The van der Waals surface area contributed by atoms with Crippen LogP contribution in [0.1, 0.15) is 12.8 Å². The van der Waals surface area contributed by atoms with Crippen LogP contribution >= 0.6 is 0 Å². The van der Waals surface area contributed by atoms with Gasteiger partial charge in [0, 0.05) is 31.4 Å². The van der Waals surface area contributed by atoms with E-state index in [1.54, 1.807) is 7.05 Å². The summed E-state index contributed by atoms with van der Waals surface area (Å²) in [7, 11) is 3.29. The predicted molar refractivity (Wildman–Crippen MR) is 61.7 cm³/mol. The average Bonchev–Trinajstić information content (AvgIpc) is 2.62. The number of rotatable bonds is 5. The summed E-state index contributed by atoms with van der Waals surface area (Å²) in [6.07, 6.45) is -2.32. The minimum absolute atomic E-state index is 0.109. The molecule has 1 aliphatic heterocycles. The van der Waals surface area contributed by atoms with Gasteiger partial charge in [-0.1, -0.05) is 6.58 Å². The molecule has 1 aliphatic rings. The largest absolute Gasteiger partial charge is 0.401 e. The highest BCUT2D eigenvalue weighted by Gasteiger charge is 2.32. The Hall–Kier alpha value is -0.750. The highest BCUT2D eigenvalue weighted by molar-refractivity contribution is 5.06. The van der Waals surface area contributed by atoms with E-state index in [2.05, 4.69) is 17.2 Å². The molecular formula is C11H20F3N3. The SMILES string of the molecule is C=C(NC)C1CCC(CN(C)CC(F)(F)F)N1. The van der Waals surface area contributed by atoms with Crippen molar-refractivity contribution in [1.29, 1.82) is 0 Å². The monoisotopic (exact) mass is 251 g/mol. The van der Waals surface area contributed by atoms with Gasteiger partial charge < -0.3 is 10.6 Å². The molecule has 100 valence electrons. The van der Waals surface area contributed by atoms with E-state index in [0.29, 0.717) is 6.54 Å². The molecular weight excluding hydrogens is 231 g/mol. The summed E-state index contributed by atoms with van der Waals surface area (Å²) in [6.45, 7) is 3.41. The number of nitrogens with zero attached hydrogens (tertiary/aromatic N) is 1. The lowest BCUT2D eigenvalue weighted by molar-refractivity contribution is -0.143. The average molecular weight is 251 g/mol. The summed E-state index contributed by atoms with van der Waals surface area (Å²) in [6, 6.07) is 0.279. The Morgan fingerprint density at radius 3 is 2.65 bits per heavy atom. The minimum atomic E-state index is -4.12. The van der Waals surface area contributed by atoms with E-state index < -0.39 is 12.7 Å². The van der Waals surface area contributed by atoms with Gasteiger partial charge in [0.2, 0.25) is 0 Å². The molecule has 0 aromatic rings. The van der Waals surface area contributed by atoms with Gasteiger partial charge in [0.1, 0.15) is 0 Å². The molecule has 2 unspecified atom stereocenters. The van der Waals surface area contributed by atoms with E-state index in [1.807, 2.05) is 0 Å². The molecule has 1 heterocycles. The summed E-state index contributed by atoms with van der Waals surface area (Å²) in [4.78, 5) is 1.31. The van der Waals surface area contributed by atoms with Crippen LogP contribution in [0.2, 0.25) is 0 Å². The molecule has 6 heteroatoms. The zero-order chi connectivity index (χ0) is 13.1. The van der Waals surface area contributed by atoms with E-state index in [1.165, 1.54) is 11.9 Å². The van der Waals surface area contributed by atoms with Crippen molar-refractivity contribution in [2.24, 2.45) is 0 Å². The number of likely N-dealkylation sites (N-methyl/N-ethyl adjacent to an activating group) is 2. The van der Waals surface area contributed by atoms with Crippen LogP contribution in [0, 0.1) is 0 Å². The summed E-state index contributed by atoms with van der Waals surface area (Å²) < 4.78 is 36.5. The molecule has 0 aromatic heterocycles. The first kappa shape index (κ1) is 14.3. The third-order valence-electron chi connectivity index (χ3n) is 2.96. The van der Waals surface area contributed by atoms with Crippen LogP contribution < -0.4 is 10.6 Å². The second-order valence-electron chi connectivity index (χ2n) is 4.58. The highest BCUT2D eigenvalue weighted by atomic mass is 19.4. The van der Waals surface area contributed by atoms with Gasteiger partial charge in [-0.05, 0) is 19.9 Å². The van der Waals surface area contributed by atoms with Gasteiger partial charge in [0.25, 0.3) is 0 Å². The Labute approximate surface area is 100 Å². The van der Waals surface area contributed by atoms with Crippen LogP contribution in [0.3, 0.4) is 0 Å². The zero-order valence-electron chi connectivity index (χ0n) is 10.3. The quantitative estimate of drug-likeness (QED) is 0.772. The third-order valence-corrected chi connectivity index (χ3v) is 2.96. The molecule has 2 N–H and O–H groups in total. The number of hydrogen-bond donors (Lipinski definition) is 2. The first-order chi connectivity index (χ1) is 7.81. The topological polar surface area (TPSA) is 27.3 Å². The van der Waals surface area contributed by atoms with Crippen LogP contribution in [-0.2, 0) is 0 Å². The van der Waals surface area contributed by atoms with Crippen molar-refractivity contribution < 1.29 is 13.2 Å². The van der Waals surface area contributed by atoms with E-state index in [9.17, 15) is 13.2 Å². The maximum atomic E-state index is 12.2. The minimum Gasteiger partial charge on any atom is -0.391 e. The van der Waals surface area contributed by atoms with Crippen molar-refractivity contribution in [3.05, 3.63) is 12.3 Å². The molecule has 0 bridgehead atoms. The predicted octanol–water partition coefficient (Wildman–Crippen LogP) is 1.33. The molecule has 0 amide bonds. The Morgan fingerprint density at radius 2 is 2.12 bits per heavy atom. The van der Waals surface area contributed by atoms with Crippen LogP contribution in [0.5, 0.6) is 0 Å². The molecule has 2 atom stereocenters. The van der Waals surface area contributed by atoms with Crippen molar-refractivity contribution in [1.82, 2.24) is 15.5 Å². The molecule has 1 rings (SSSR count). The van der Waals surface area contributed by atoms with E-state index in [-0.39, 0.29) is 12.1 Å². The Kier molecular flexibility index (Phi) is 4.82. The van der Waals surface area contributed by atoms with Crippen molar-refractivity contribution in [3.8, 4) is 0 Å². The molecule has 0 saturated carbocycles. The molecule has 1 fully saturated rings. The van der Waals surface area contributed by atoms with Crippen molar-refractivity contribution in [3.63, 3.8) is 0 Å². The number of halogens is 3. The Bertz CT molecular complexity index is 265. The lowest BCUT2D eigenvalue weighted by Gasteiger charge is -2.23. The van der Waals surface area contributed by atoms with Gasteiger partial charge in [-0.2, -0.15) is 13.2 Å². The zero-order valence-corrected chi connectivity index (χ0v) is 10.3. The van der Waals surface area contributed by atoms with Crippen LogP contribution in [-0.4, -0.2) is 50.3 Å². The summed E-state index contributed by atoms with van der Waals surface area (Å²) in [5.41, 5.74) is 0.894. The lowest BCUT2D eigenvalue weighted by Crippen LogP contribution is -2.42. The second-order valence-corrected chi connectivity index (χ2v) is 4.58. The normalized spacial score (nSPS) is 25.3. The van der Waals surface area contributed by atoms with E-state index in [4.69, 9.17) is 0 Å². The van der Waals surface area contributed by atoms with Crippen LogP contribution in [0.25, 0.3) is 0 Å². The first-order valence-corrected chi connectivity index (χ1v) is 5.69. The van der Waals surface area contributed by atoms with Crippen LogP contribution in [0.4, 0.5) is 13.2 Å². The fourth-order valence-electron chi connectivity index (χ4n) is 2.16. The molecule has 3 nitrogen and oxygen atoms in total. The van der Waals surface area contributed by atoms with Gasteiger partial charge in [-0.3, -0.25) is 4.90 Å². The van der Waals surface area contributed by atoms with Crippen molar-refractivity contribution >= 4 is 0 Å². The number of alkyl halides is 3. The second kappa shape index (κ2) is 5.73. The van der Waals surface area contributed by atoms with Gasteiger partial charge in [-0.25, -0.2) is 0 Å². The summed E-state index contributed by atoms with van der Waals surface area (Å²) in [5, 5.41) is 6.26. The third kappa shape index (κ3) is 4.95. The van der Waals surface area contributed by atoms with Crippen LogP contribution in [0.15, 0.2) is 12.3 Å². The standard InChI is InChI=1S/C11H20F3N3/c1-8(15-2)10-5-4-9(16-10)6-17(3)7-11(12,13)14/h9-10,15-16H,1,4-7H2,2-3H3. The Balaban J connectivity index is 2.32. The lowest BCUT2D eigenvalue weighted by atomic mass is 10.1. The molecule has 0 aromatic carbocycles. The van der Waals surface area contributed by atoms with Crippen molar-refractivity contribution in [2.75, 3.05) is 27.2 Å². The van der Waals surface area contributed by atoms with Gasteiger partial charge in [0.05, 0.1) is 6.54 Å². The fourth-order valence-corrected chi connectivity index (χ4v) is 2.16. The summed E-state index contributed by atoms with van der Waals surface area (Å²) >= 11 is 0. The first-order valence-electron chi connectivity index (χ1n) is 5.69. The summed E-state index contributed by atoms with van der Waals surface area (Å²) in [5.74, 6) is 0. The molecule has 0 spiro atoms. The molecule has 0 aliphatic carbocycles. The smallest absolute Gasteiger partial charge is 0.391 e. The highest BCUT2D eigenvalue weighted by Crippen LogP contribution is 2.19. The molecule has 1 saturated heterocycles. The van der Waals surface area contributed by atoms with E-state index >= 15 is 0 Å².